The minimum atomic E-state index is -0.306. The van der Waals surface area contributed by atoms with Crippen LogP contribution >= 0.6 is 0 Å². The first-order valence-corrected chi connectivity index (χ1v) is 16.4. The second-order valence-corrected chi connectivity index (χ2v) is 11.2. The Morgan fingerprint density at radius 3 is 1.23 bits per heavy atom. The van der Waals surface area contributed by atoms with Gasteiger partial charge in [0.25, 0.3) is 0 Å². The van der Waals surface area contributed by atoms with Crippen molar-refractivity contribution in [1.29, 1.82) is 0 Å². The first-order valence-electron chi connectivity index (χ1n) is 16.4. The van der Waals surface area contributed by atoms with Crippen LogP contribution in [0, 0.1) is 6.92 Å². The van der Waals surface area contributed by atoms with E-state index in [0.29, 0.717) is 18.4 Å². The number of ether oxygens (including phenoxy) is 2. The van der Waals surface area contributed by atoms with E-state index in [1.54, 1.807) is 18.2 Å². The lowest BCUT2D eigenvalue weighted by atomic mass is 10.1. The van der Waals surface area contributed by atoms with Gasteiger partial charge in [0.05, 0.1) is 0 Å². The molecule has 0 heterocycles. The Morgan fingerprint density at radius 1 is 0.513 bits per heavy atom. The maximum atomic E-state index is 12.4. The van der Waals surface area contributed by atoms with Crippen LogP contribution in [0.2, 0.25) is 0 Å². The number of esters is 2. The molecule has 2 radical (unpaired) electrons. The van der Waals surface area contributed by atoms with Crippen molar-refractivity contribution in [1.82, 2.24) is 0 Å². The minimum absolute atomic E-state index is 0.232. The standard InChI is InChI=1S/C35H58O4/c1-4-6-8-10-12-14-16-18-20-22-24-26-34(36)38-32-29-28-31(3)30-33(32)39-35(37)27-25-23-21-19-17-15-13-11-9-7-5-2/h3,28-30H,4-27H2,1-2H3. The molecule has 0 saturated heterocycles. The molecule has 39 heavy (non-hydrogen) atoms. The maximum absolute atomic E-state index is 12.4. The molecule has 0 aliphatic heterocycles. The quantitative estimate of drug-likeness (QED) is 0.0663. The summed E-state index contributed by atoms with van der Waals surface area (Å²) in [6, 6.07) is 4.83. The Hall–Kier alpha value is -1.84. The van der Waals surface area contributed by atoms with Crippen molar-refractivity contribution in [3.8, 4) is 11.5 Å². The first-order chi connectivity index (χ1) is 19.1. The van der Waals surface area contributed by atoms with Gasteiger partial charge in [0.2, 0.25) is 0 Å². The van der Waals surface area contributed by atoms with Crippen LogP contribution in [-0.2, 0) is 9.59 Å². The van der Waals surface area contributed by atoms with Crippen LogP contribution < -0.4 is 9.47 Å². The fraction of sp³-hybridized carbons (Fsp3) is 0.743. The zero-order chi connectivity index (χ0) is 28.4. The van der Waals surface area contributed by atoms with Crippen molar-refractivity contribution < 1.29 is 19.1 Å². The average molecular weight is 543 g/mol. The second kappa shape index (κ2) is 25.1. The third kappa shape index (κ3) is 20.7. The van der Waals surface area contributed by atoms with Gasteiger partial charge >= 0.3 is 11.9 Å². The molecule has 0 aliphatic rings. The Labute approximate surface area is 241 Å². The lowest BCUT2D eigenvalue weighted by molar-refractivity contribution is -0.137. The normalized spacial score (nSPS) is 11.1. The van der Waals surface area contributed by atoms with E-state index in [1.165, 1.54) is 103 Å². The Kier molecular flexibility index (Phi) is 22.7. The average Bonchev–Trinajstić information content (AvgIpc) is 2.92. The number of hydrogen-bond donors (Lipinski definition) is 0. The lowest BCUT2D eigenvalue weighted by Crippen LogP contribution is -2.12. The molecule has 0 aliphatic carbocycles. The summed E-state index contributed by atoms with van der Waals surface area (Å²) in [6.07, 6.45) is 27.9. The number of benzene rings is 1. The molecule has 1 rings (SSSR count). The smallest absolute Gasteiger partial charge is 0.311 e. The monoisotopic (exact) mass is 542 g/mol. The molecule has 4 nitrogen and oxygen atoms in total. The number of carbonyl (C=O) groups is 2. The van der Waals surface area contributed by atoms with Crippen LogP contribution in [0.5, 0.6) is 11.5 Å². The molecule has 1 aromatic rings. The summed E-state index contributed by atoms with van der Waals surface area (Å²) in [5.74, 6) is -0.0996. The summed E-state index contributed by atoms with van der Waals surface area (Å²) in [6.45, 7) is 10.4. The third-order valence-electron chi connectivity index (χ3n) is 7.38. The number of hydrogen-bond acceptors (Lipinski definition) is 4. The highest BCUT2D eigenvalue weighted by Gasteiger charge is 2.14. The topological polar surface area (TPSA) is 52.6 Å². The summed E-state index contributed by atoms with van der Waals surface area (Å²) in [7, 11) is 0. The van der Waals surface area contributed by atoms with Crippen LogP contribution in [0.25, 0.3) is 0 Å². The molecule has 1 aromatic carbocycles. The van der Waals surface area contributed by atoms with Crippen molar-refractivity contribution >= 4 is 11.9 Å². The van der Waals surface area contributed by atoms with Crippen molar-refractivity contribution in [3.05, 3.63) is 30.7 Å². The SMILES string of the molecule is [CH]c1ccc(OC(=O)CCCCCCCCCCCCC)c(OC(=O)CCCCCCCCCCCCC)c1. The summed E-state index contributed by atoms with van der Waals surface area (Å²) >= 11 is 0. The molecule has 0 spiro atoms. The molecular weight excluding hydrogens is 484 g/mol. The van der Waals surface area contributed by atoms with E-state index in [-0.39, 0.29) is 23.4 Å². The van der Waals surface area contributed by atoms with Gasteiger partial charge in [-0.05, 0) is 37.5 Å². The molecule has 0 saturated carbocycles. The molecule has 0 N–H and O–H groups in total. The second-order valence-electron chi connectivity index (χ2n) is 11.2. The Balaban J connectivity index is 2.18. The number of unbranched alkanes of at least 4 members (excludes halogenated alkanes) is 20. The van der Waals surface area contributed by atoms with Crippen LogP contribution in [0.15, 0.2) is 18.2 Å². The molecule has 4 heteroatoms. The highest BCUT2D eigenvalue weighted by molar-refractivity contribution is 5.76. The fourth-order valence-corrected chi connectivity index (χ4v) is 4.90. The molecule has 0 atom stereocenters. The van der Waals surface area contributed by atoms with Crippen LogP contribution in [0.4, 0.5) is 0 Å². The largest absolute Gasteiger partial charge is 0.423 e. The minimum Gasteiger partial charge on any atom is -0.423 e. The van der Waals surface area contributed by atoms with E-state index < -0.39 is 0 Å². The summed E-state index contributed by atoms with van der Waals surface area (Å²) in [5.41, 5.74) is 0.470. The van der Waals surface area contributed by atoms with E-state index in [4.69, 9.17) is 16.4 Å². The molecule has 0 aromatic heterocycles. The van der Waals surface area contributed by atoms with E-state index in [2.05, 4.69) is 13.8 Å². The van der Waals surface area contributed by atoms with E-state index in [1.807, 2.05) is 0 Å². The van der Waals surface area contributed by atoms with Crippen molar-refractivity contribution in [3.63, 3.8) is 0 Å². The van der Waals surface area contributed by atoms with Crippen molar-refractivity contribution in [2.24, 2.45) is 0 Å². The zero-order valence-electron chi connectivity index (χ0n) is 25.4. The highest BCUT2D eigenvalue weighted by Crippen LogP contribution is 2.29. The van der Waals surface area contributed by atoms with E-state index in [0.717, 1.165) is 38.5 Å². The third-order valence-corrected chi connectivity index (χ3v) is 7.38. The predicted octanol–water partition coefficient (Wildman–Crippen LogP) is 11.0. The van der Waals surface area contributed by atoms with Crippen LogP contribution in [0.3, 0.4) is 0 Å². The summed E-state index contributed by atoms with van der Waals surface area (Å²) < 4.78 is 11.1. The van der Waals surface area contributed by atoms with Crippen LogP contribution in [-0.4, -0.2) is 11.9 Å². The number of rotatable bonds is 26. The molecular formula is C35H58O4. The zero-order valence-corrected chi connectivity index (χ0v) is 25.4. The molecule has 0 bridgehead atoms. The summed E-state index contributed by atoms with van der Waals surface area (Å²) in [5, 5.41) is 0. The van der Waals surface area contributed by atoms with Gasteiger partial charge in [-0.15, -0.1) is 0 Å². The molecule has 0 unspecified atom stereocenters. The van der Waals surface area contributed by atoms with Crippen molar-refractivity contribution in [2.45, 2.75) is 168 Å². The van der Waals surface area contributed by atoms with Gasteiger partial charge in [0.1, 0.15) is 0 Å². The fourth-order valence-electron chi connectivity index (χ4n) is 4.90. The summed E-state index contributed by atoms with van der Waals surface area (Å²) in [4.78, 5) is 24.8. The molecule has 0 amide bonds. The van der Waals surface area contributed by atoms with Gasteiger partial charge in [-0.1, -0.05) is 148 Å². The van der Waals surface area contributed by atoms with Gasteiger partial charge in [-0.25, -0.2) is 0 Å². The van der Waals surface area contributed by atoms with E-state index in [9.17, 15) is 9.59 Å². The molecule has 0 fully saturated rings. The van der Waals surface area contributed by atoms with Gasteiger partial charge in [-0.3, -0.25) is 9.59 Å². The highest BCUT2D eigenvalue weighted by atomic mass is 16.6. The Bertz CT molecular complexity index is 742. The maximum Gasteiger partial charge on any atom is 0.311 e. The van der Waals surface area contributed by atoms with Gasteiger partial charge in [0, 0.05) is 12.8 Å². The lowest BCUT2D eigenvalue weighted by Gasteiger charge is -2.11. The predicted molar refractivity (Wildman–Crippen MR) is 163 cm³/mol. The van der Waals surface area contributed by atoms with Crippen LogP contribution in [0.1, 0.15) is 174 Å². The first kappa shape index (κ1) is 35.2. The Morgan fingerprint density at radius 2 is 0.846 bits per heavy atom. The number of carbonyl (C=O) groups excluding carboxylic acids is 2. The van der Waals surface area contributed by atoms with Gasteiger partial charge in [0.15, 0.2) is 11.5 Å². The van der Waals surface area contributed by atoms with Gasteiger partial charge in [-0.2, -0.15) is 0 Å². The van der Waals surface area contributed by atoms with E-state index >= 15 is 0 Å². The molecule has 222 valence electrons. The van der Waals surface area contributed by atoms with Gasteiger partial charge < -0.3 is 9.47 Å². The van der Waals surface area contributed by atoms with Crippen molar-refractivity contribution in [2.75, 3.05) is 0 Å².